The van der Waals surface area contributed by atoms with Gasteiger partial charge in [-0.15, -0.1) is 11.5 Å². The molecular formula is C18H26O2Si. The van der Waals surface area contributed by atoms with Gasteiger partial charge in [0.2, 0.25) is 0 Å². The van der Waals surface area contributed by atoms with Gasteiger partial charge in [0.25, 0.3) is 0 Å². The van der Waals surface area contributed by atoms with Crippen LogP contribution in [0.5, 0.6) is 0 Å². The Labute approximate surface area is 129 Å². The molecule has 114 valence electrons. The van der Waals surface area contributed by atoms with Gasteiger partial charge in [-0.05, 0) is 32.1 Å². The third kappa shape index (κ3) is 2.83. The highest BCUT2D eigenvalue weighted by Gasteiger charge is 2.50. The fourth-order valence-corrected chi connectivity index (χ4v) is 4.76. The summed E-state index contributed by atoms with van der Waals surface area (Å²) in [4.78, 5) is 12.1. The number of allylic oxidation sites excluding steroid dienone is 1. The second-order valence-electron chi connectivity index (χ2n) is 7.88. The van der Waals surface area contributed by atoms with Crippen LogP contribution in [0.25, 0.3) is 0 Å². The fourth-order valence-electron chi connectivity index (χ4n) is 4.16. The van der Waals surface area contributed by atoms with E-state index in [-0.39, 0.29) is 23.9 Å². The summed E-state index contributed by atoms with van der Waals surface area (Å²) in [6, 6.07) is 0. The van der Waals surface area contributed by atoms with Crippen LogP contribution in [-0.4, -0.2) is 20.1 Å². The van der Waals surface area contributed by atoms with Crippen LogP contribution in [0.1, 0.15) is 32.6 Å². The lowest BCUT2D eigenvalue weighted by Gasteiger charge is -2.39. The number of carbonyl (C=O) groups excluding carboxylic acids is 1. The summed E-state index contributed by atoms with van der Waals surface area (Å²) in [5.74, 6) is 4.73. The van der Waals surface area contributed by atoms with Crippen LogP contribution in [0.2, 0.25) is 19.6 Å². The standard InChI is InChI=1S/C18H26O2Si/c1-12-17-15(9-10-21(2,3)4)14-8-6-5-7-13(14)11-16(17)18(19)20-12/h11-12,14-17H,5-8H2,1-4H3. The van der Waals surface area contributed by atoms with Crippen molar-refractivity contribution in [2.45, 2.75) is 58.4 Å². The maximum absolute atomic E-state index is 12.1. The van der Waals surface area contributed by atoms with E-state index in [0.29, 0.717) is 11.8 Å². The maximum Gasteiger partial charge on any atom is 0.313 e. The second-order valence-corrected chi connectivity index (χ2v) is 12.6. The highest BCUT2D eigenvalue weighted by atomic mass is 28.3. The van der Waals surface area contributed by atoms with Crippen molar-refractivity contribution in [3.63, 3.8) is 0 Å². The van der Waals surface area contributed by atoms with Crippen molar-refractivity contribution >= 4 is 14.0 Å². The average Bonchev–Trinajstić information content (AvgIpc) is 2.69. The average molecular weight is 302 g/mol. The second kappa shape index (κ2) is 5.32. The van der Waals surface area contributed by atoms with Gasteiger partial charge in [0, 0.05) is 11.8 Å². The lowest BCUT2D eigenvalue weighted by atomic mass is 9.63. The Balaban J connectivity index is 1.99. The minimum absolute atomic E-state index is 0.0168. The SMILES string of the molecule is CC1OC(=O)C2C=C3CCCCC3C(C#C[Si](C)(C)C)C12. The van der Waals surface area contributed by atoms with Crippen LogP contribution in [0.3, 0.4) is 0 Å². The van der Waals surface area contributed by atoms with Crippen LogP contribution in [0, 0.1) is 35.1 Å². The highest BCUT2D eigenvalue weighted by molar-refractivity contribution is 6.83. The van der Waals surface area contributed by atoms with Gasteiger partial charge in [0.15, 0.2) is 0 Å². The van der Waals surface area contributed by atoms with Crippen molar-refractivity contribution in [3.05, 3.63) is 11.6 Å². The molecule has 3 rings (SSSR count). The molecule has 3 heteroatoms. The number of cyclic esters (lactones) is 1. The quantitative estimate of drug-likeness (QED) is 0.294. The normalized spacial score (nSPS) is 38.6. The molecule has 2 nitrogen and oxygen atoms in total. The monoisotopic (exact) mass is 302 g/mol. The molecule has 5 unspecified atom stereocenters. The molecule has 2 fully saturated rings. The summed E-state index contributed by atoms with van der Waals surface area (Å²) >= 11 is 0. The van der Waals surface area contributed by atoms with E-state index in [1.165, 1.54) is 24.8 Å². The number of ether oxygens (including phenoxy) is 1. The molecule has 0 aromatic carbocycles. The first kappa shape index (κ1) is 14.9. The molecule has 2 aliphatic carbocycles. The Morgan fingerprint density at radius 1 is 1.29 bits per heavy atom. The number of fused-ring (bicyclic) bond motifs is 2. The Kier molecular flexibility index (Phi) is 3.77. The molecule has 0 spiro atoms. The van der Waals surface area contributed by atoms with E-state index in [9.17, 15) is 4.79 Å². The lowest BCUT2D eigenvalue weighted by Crippen LogP contribution is -2.37. The number of hydrogen-bond acceptors (Lipinski definition) is 2. The lowest BCUT2D eigenvalue weighted by molar-refractivity contribution is -0.142. The van der Waals surface area contributed by atoms with Gasteiger partial charge in [0.1, 0.15) is 14.2 Å². The predicted molar refractivity (Wildman–Crippen MR) is 87.2 cm³/mol. The van der Waals surface area contributed by atoms with Gasteiger partial charge in [-0.25, -0.2) is 0 Å². The molecule has 0 amide bonds. The Morgan fingerprint density at radius 2 is 2.05 bits per heavy atom. The maximum atomic E-state index is 12.1. The predicted octanol–water partition coefficient (Wildman–Crippen LogP) is 3.79. The van der Waals surface area contributed by atoms with E-state index in [1.807, 2.05) is 6.92 Å². The zero-order valence-electron chi connectivity index (χ0n) is 13.6. The van der Waals surface area contributed by atoms with Crippen LogP contribution in [0.15, 0.2) is 11.6 Å². The zero-order valence-corrected chi connectivity index (χ0v) is 14.6. The third-order valence-electron chi connectivity index (χ3n) is 5.09. The topological polar surface area (TPSA) is 26.3 Å². The van der Waals surface area contributed by atoms with Gasteiger partial charge in [-0.1, -0.05) is 37.7 Å². The number of hydrogen-bond donors (Lipinski definition) is 0. The first-order chi connectivity index (χ1) is 9.87. The summed E-state index contributed by atoms with van der Waals surface area (Å²) in [7, 11) is -1.39. The van der Waals surface area contributed by atoms with Crippen molar-refractivity contribution in [2.24, 2.45) is 23.7 Å². The van der Waals surface area contributed by atoms with Gasteiger partial charge in [-0.3, -0.25) is 4.79 Å². The van der Waals surface area contributed by atoms with Crippen LogP contribution in [-0.2, 0) is 9.53 Å². The van der Waals surface area contributed by atoms with E-state index in [4.69, 9.17) is 4.74 Å². The van der Waals surface area contributed by atoms with Gasteiger partial charge in [0.05, 0.1) is 5.92 Å². The first-order valence-corrected chi connectivity index (χ1v) is 11.8. The van der Waals surface area contributed by atoms with Crippen molar-refractivity contribution in [2.75, 3.05) is 0 Å². The van der Waals surface area contributed by atoms with Gasteiger partial charge < -0.3 is 4.74 Å². The molecule has 1 heterocycles. The first-order valence-electron chi connectivity index (χ1n) is 8.30. The summed E-state index contributed by atoms with van der Waals surface area (Å²) in [5.41, 5.74) is 5.06. The smallest absolute Gasteiger partial charge is 0.313 e. The molecule has 21 heavy (non-hydrogen) atoms. The third-order valence-corrected chi connectivity index (χ3v) is 5.99. The summed E-state index contributed by atoms with van der Waals surface area (Å²) < 4.78 is 5.54. The molecule has 0 bridgehead atoms. The molecule has 1 aliphatic heterocycles. The summed E-state index contributed by atoms with van der Waals surface area (Å²) in [5, 5.41) is 0. The van der Waals surface area contributed by atoms with E-state index < -0.39 is 8.07 Å². The molecule has 0 aromatic rings. The molecule has 0 N–H and O–H groups in total. The Morgan fingerprint density at radius 3 is 2.76 bits per heavy atom. The molecule has 0 aromatic heterocycles. The molecule has 1 saturated carbocycles. The van der Waals surface area contributed by atoms with Crippen LogP contribution < -0.4 is 0 Å². The molecular weight excluding hydrogens is 276 g/mol. The molecule has 5 atom stereocenters. The van der Waals surface area contributed by atoms with Crippen molar-refractivity contribution < 1.29 is 9.53 Å². The van der Waals surface area contributed by atoms with Crippen LogP contribution in [0.4, 0.5) is 0 Å². The molecule has 1 saturated heterocycles. The summed E-state index contributed by atoms with van der Waals surface area (Å²) in [6.07, 6.45) is 7.21. The summed E-state index contributed by atoms with van der Waals surface area (Å²) in [6.45, 7) is 8.92. The fraction of sp³-hybridized carbons (Fsp3) is 0.722. The van der Waals surface area contributed by atoms with E-state index >= 15 is 0 Å². The minimum atomic E-state index is -1.39. The number of rotatable bonds is 0. The number of esters is 1. The van der Waals surface area contributed by atoms with Gasteiger partial charge in [-0.2, -0.15) is 0 Å². The van der Waals surface area contributed by atoms with Crippen LogP contribution >= 0.6 is 0 Å². The minimum Gasteiger partial charge on any atom is -0.462 e. The molecule has 3 aliphatic rings. The van der Waals surface area contributed by atoms with Crippen molar-refractivity contribution in [1.82, 2.24) is 0 Å². The van der Waals surface area contributed by atoms with Crippen molar-refractivity contribution in [1.29, 1.82) is 0 Å². The molecule has 0 radical (unpaired) electrons. The van der Waals surface area contributed by atoms with E-state index in [2.05, 4.69) is 37.2 Å². The highest BCUT2D eigenvalue weighted by Crippen LogP contribution is 2.49. The van der Waals surface area contributed by atoms with E-state index in [0.717, 1.165) is 6.42 Å². The Hall–Kier alpha value is -1.01. The number of carbonyl (C=O) groups is 1. The van der Waals surface area contributed by atoms with Gasteiger partial charge >= 0.3 is 5.97 Å². The zero-order chi connectivity index (χ0) is 15.2. The Bertz CT molecular complexity index is 532. The van der Waals surface area contributed by atoms with Crippen molar-refractivity contribution in [3.8, 4) is 11.5 Å². The largest absolute Gasteiger partial charge is 0.462 e. The van der Waals surface area contributed by atoms with E-state index in [1.54, 1.807) is 0 Å².